The van der Waals surface area contributed by atoms with E-state index in [0.29, 0.717) is 10.6 Å². The molecule has 0 bridgehead atoms. The SMILES string of the molecule is Cc1ccc(P(=O)(NO)c2ccccc2)cc1. The van der Waals surface area contributed by atoms with Gasteiger partial charge in [-0.1, -0.05) is 35.9 Å². The quantitative estimate of drug-likeness (QED) is 0.645. The van der Waals surface area contributed by atoms with Crippen LogP contribution in [0.15, 0.2) is 54.6 Å². The van der Waals surface area contributed by atoms with Crippen LogP contribution in [0.4, 0.5) is 0 Å². The molecule has 0 radical (unpaired) electrons. The van der Waals surface area contributed by atoms with Crippen molar-refractivity contribution in [1.29, 1.82) is 0 Å². The zero-order chi connectivity index (χ0) is 12.3. The van der Waals surface area contributed by atoms with Crippen LogP contribution in [0.2, 0.25) is 0 Å². The van der Waals surface area contributed by atoms with E-state index in [-0.39, 0.29) is 0 Å². The minimum absolute atomic E-state index is 0.589. The number of rotatable bonds is 3. The molecule has 0 saturated carbocycles. The van der Waals surface area contributed by atoms with E-state index in [4.69, 9.17) is 0 Å². The van der Waals surface area contributed by atoms with Crippen molar-refractivity contribution in [3.63, 3.8) is 0 Å². The standard InChI is InChI=1S/C13H14NO2P/c1-11-7-9-13(10-8-11)17(16,14-15)12-5-3-2-4-6-12/h2-10,15H,1H3,(H,14,16). The number of hydrogen-bond donors (Lipinski definition) is 2. The Hall–Kier alpha value is -1.41. The van der Waals surface area contributed by atoms with Gasteiger partial charge in [0.2, 0.25) is 7.29 Å². The van der Waals surface area contributed by atoms with Crippen LogP contribution in [0.5, 0.6) is 0 Å². The van der Waals surface area contributed by atoms with Crippen molar-refractivity contribution in [2.75, 3.05) is 0 Å². The molecule has 0 aliphatic heterocycles. The lowest BCUT2D eigenvalue weighted by Crippen LogP contribution is -2.25. The molecular formula is C13H14NO2P. The van der Waals surface area contributed by atoms with E-state index in [1.807, 2.05) is 30.4 Å². The highest BCUT2D eigenvalue weighted by atomic mass is 31.2. The van der Waals surface area contributed by atoms with Crippen LogP contribution in [0.3, 0.4) is 0 Å². The first kappa shape index (κ1) is 12.1. The lowest BCUT2D eigenvalue weighted by Gasteiger charge is -2.16. The number of nitrogens with one attached hydrogen (secondary N) is 1. The molecule has 3 nitrogen and oxygen atoms in total. The molecule has 2 N–H and O–H groups in total. The number of benzene rings is 2. The fourth-order valence-corrected chi connectivity index (χ4v) is 3.35. The second kappa shape index (κ2) is 4.84. The van der Waals surface area contributed by atoms with Gasteiger partial charge in [-0.2, -0.15) is 0 Å². The highest BCUT2D eigenvalue weighted by Crippen LogP contribution is 2.37. The van der Waals surface area contributed by atoms with Crippen LogP contribution in [0.1, 0.15) is 5.56 Å². The Kier molecular flexibility index (Phi) is 3.43. The van der Waals surface area contributed by atoms with Crippen molar-refractivity contribution in [2.45, 2.75) is 6.92 Å². The van der Waals surface area contributed by atoms with Gasteiger partial charge in [-0.05, 0) is 31.2 Å². The van der Waals surface area contributed by atoms with Crippen LogP contribution >= 0.6 is 7.29 Å². The maximum Gasteiger partial charge on any atom is 0.226 e. The Labute approximate surface area is 100 Å². The number of hydrogen-bond acceptors (Lipinski definition) is 2. The molecular weight excluding hydrogens is 233 g/mol. The summed E-state index contributed by atoms with van der Waals surface area (Å²) in [5.74, 6) is 0. The van der Waals surface area contributed by atoms with Crippen LogP contribution in [0.25, 0.3) is 0 Å². The van der Waals surface area contributed by atoms with Gasteiger partial charge in [0.05, 0.1) is 0 Å². The van der Waals surface area contributed by atoms with Gasteiger partial charge in [0.15, 0.2) is 0 Å². The van der Waals surface area contributed by atoms with Crippen molar-refractivity contribution >= 4 is 17.9 Å². The van der Waals surface area contributed by atoms with Gasteiger partial charge in [0.25, 0.3) is 0 Å². The molecule has 0 aromatic heterocycles. The normalized spacial score (nSPS) is 14.2. The third-order valence-corrected chi connectivity index (χ3v) is 4.99. The lowest BCUT2D eigenvalue weighted by atomic mass is 10.2. The second-order valence-electron chi connectivity index (χ2n) is 3.88. The van der Waals surface area contributed by atoms with Crippen molar-refractivity contribution in [3.05, 3.63) is 60.2 Å². The molecule has 0 amide bonds. The van der Waals surface area contributed by atoms with E-state index in [1.165, 1.54) is 0 Å². The zero-order valence-electron chi connectivity index (χ0n) is 9.50. The van der Waals surface area contributed by atoms with Crippen LogP contribution in [-0.2, 0) is 4.57 Å². The maximum absolute atomic E-state index is 12.7. The topological polar surface area (TPSA) is 49.3 Å². The highest BCUT2D eigenvalue weighted by molar-refractivity contribution is 7.76. The molecule has 0 heterocycles. The molecule has 0 spiro atoms. The summed E-state index contributed by atoms with van der Waals surface area (Å²) >= 11 is 0. The Bertz CT molecular complexity index is 537. The third-order valence-electron chi connectivity index (χ3n) is 2.66. The van der Waals surface area contributed by atoms with Crippen LogP contribution in [-0.4, -0.2) is 5.21 Å². The van der Waals surface area contributed by atoms with Crippen molar-refractivity contribution in [1.82, 2.24) is 5.25 Å². The van der Waals surface area contributed by atoms with Crippen molar-refractivity contribution in [2.24, 2.45) is 0 Å². The maximum atomic E-state index is 12.7. The van der Waals surface area contributed by atoms with E-state index in [9.17, 15) is 9.77 Å². The molecule has 0 aliphatic carbocycles. The second-order valence-corrected chi connectivity index (χ2v) is 6.33. The van der Waals surface area contributed by atoms with Crippen molar-refractivity contribution < 1.29 is 9.77 Å². The monoisotopic (exact) mass is 247 g/mol. The van der Waals surface area contributed by atoms with E-state index in [0.717, 1.165) is 5.56 Å². The summed E-state index contributed by atoms with van der Waals surface area (Å²) in [5.41, 5.74) is 1.09. The van der Waals surface area contributed by atoms with E-state index >= 15 is 0 Å². The summed E-state index contributed by atoms with van der Waals surface area (Å²) in [6.07, 6.45) is 0. The van der Waals surface area contributed by atoms with Gasteiger partial charge >= 0.3 is 0 Å². The minimum Gasteiger partial charge on any atom is -0.310 e. The fraction of sp³-hybridized carbons (Fsp3) is 0.0769. The molecule has 88 valence electrons. The molecule has 0 aliphatic rings. The average Bonchev–Trinajstić information content (AvgIpc) is 2.40. The number of aryl methyl sites for hydroxylation is 1. The Morgan fingerprint density at radius 2 is 1.47 bits per heavy atom. The summed E-state index contributed by atoms with van der Waals surface area (Å²) in [4.78, 5) is 0. The fourth-order valence-electron chi connectivity index (χ4n) is 1.66. The van der Waals surface area contributed by atoms with Crippen molar-refractivity contribution in [3.8, 4) is 0 Å². The van der Waals surface area contributed by atoms with E-state index in [1.54, 1.807) is 36.4 Å². The summed E-state index contributed by atoms with van der Waals surface area (Å²) in [6, 6.07) is 16.2. The van der Waals surface area contributed by atoms with E-state index < -0.39 is 7.29 Å². The molecule has 2 aromatic rings. The molecule has 0 fully saturated rings. The van der Waals surface area contributed by atoms with Crippen LogP contribution < -0.4 is 15.9 Å². The van der Waals surface area contributed by atoms with Gasteiger partial charge in [-0.25, -0.2) is 0 Å². The first-order valence-corrected chi connectivity index (χ1v) is 7.02. The summed E-state index contributed by atoms with van der Waals surface area (Å²) < 4.78 is 12.7. The average molecular weight is 247 g/mol. The first-order chi connectivity index (χ1) is 8.16. The van der Waals surface area contributed by atoms with Crippen LogP contribution in [0, 0.1) is 6.92 Å². The lowest BCUT2D eigenvalue weighted by molar-refractivity contribution is 0.245. The van der Waals surface area contributed by atoms with Gasteiger partial charge in [-0.3, -0.25) is 4.57 Å². The molecule has 0 saturated heterocycles. The highest BCUT2D eigenvalue weighted by Gasteiger charge is 2.25. The Balaban J connectivity index is 2.52. The van der Waals surface area contributed by atoms with Gasteiger partial charge in [-0.15, -0.1) is 5.25 Å². The zero-order valence-corrected chi connectivity index (χ0v) is 10.4. The van der Waals surface area contributed by atoms with Gasteiger partial charge in [0, 0.05) is 10.6 Å². The largest absolute Gasteiger partial charge is 0.310 e. The van der Waals surface area contributed by atoms with Gasteiger partial charge in [0.1, 0.15) is 0 Å². The molecule has 17 heavy (non-hydrogen) atoms. The summed E-state index contributed by atoms with van der Waals surface area (Å²) in [7, 11) is -3.12. The smallest absolute Gasteiger partial charge is 0.226 e. The Morgan fingerprint density at radius 3 is 2.00 bits per heavy atom. The first-order valence-electron chi connectivity index (χ1n) is 5.31. The minimum atomic E-state index is -3.12. The van der Waals surface area contributed by atoms with Gasteiger partial charge < -0.3 is 5.21 Å². The predicted molar refractivity (Wildman–Crippen MR) is 69.4 cm³/mol. The summed E-state index contributed by atoms with van der Waals surface area (Å²) in [6.45, 7) is 1.96. The molecule has 1 atom stereocenters. The predicted octanol–water partition coefficient (Wildman–Crippen LogP) is 2.20. The Morgan fingerprint density at radius 1 is 0.941 bits per heavy atom. The van der Waals surface area contributed by atoms with E-state index in [2.05, 4.69) is 0 Å². The summed E-state index contributed by atoms with van der Waals surface area (Å²) in [5, 5.41) is 12.4. The molecule has 2 aromatic carbocycles. The molecule has 1 unspecified atom stereocenters. The molecule has 4 heteroatoms. The molecule has 2 rings (SSSR count). The third kappa shape index (κ3) is 2.32.